The second kappa shape index (κ2) is 7.29. The van der Waals surface area contributed by atoms with E-state index in [1.165, 1.54) is 12.1 Å². The summed E-state index contributed by atoms with van der Waals surface area (Å²) in [6.45, 7) is 3.31. The lowest BCUT2D eigenvalue weighted by Gasteiger charge is -2.22. The number of aromatic nitrogens is 4. The lowest BCUT2D eigenvalue weighted by Crippen LogP contribution is -2.31. The molecule has 1 aliphatic carbocycles. The molecular formula is C20H19ClFN9O. The summed E-state index contributed by atoms with van der Waals surface area (Å²) in [6, 6.07) is 3.77. The van der Waals surface area contributed by atoms with Gasteiger partial charge in [0.1, 0.15) is 34.6 Å². The van der Waals surface area contributed by atoms with Crippen molar-refractivity contribution < 1.29 is 4.39 Å². The maximum atomic E-state index is 14.6. The molecule has 12 heteroatoms. The first-order valence-electron chi connectivity index (χ1n) is 10.0. The minimum Gasteiger partial charge on any atom is -0.382 e. The van der Waals surface area contributed by atoms with E-state index in [1.54, 1.807) is 11.5 Å². The van der Waals surface area contributed by atoms with Gasteiger partial charge in [-0.1, -0.05) is 11.6 Å². The first-order chi connectivity index (χ1) is 15.3. The molecule has 1 unspecified atom stereocenters. The largest absolute Gasteiger partial charge is 0.382 e. The molecule has 1 saturated carbocycles. The maximum absolute atomic E-state index is 14.6. The van der Waals surface area contributed by atoms with E-state index in [9.17, 15) is 14.4 Å². The molecule has 6 N–H and O–H groups in total. The van der Waals surface area contributed by atoms with Crippen molar-refractivity contribution in [3.05, 3.63) is 44.7 Å². The minimum atomic E-state index is -0.645. The molecule has 0 bridgehead atoms. The molecule has 2 fully saturated rings. The SMILES string of the molecule is C[C@H](Nc1nc(N)nc(N)c1C#N)c1nc2c(F)ccc(Cl)c2c(=O)n1C1[C@H]2CNC[C@@H]12. The van der Waals surface area contributed by atoms with Gasteiger partial charge in [0, 0.05) is 19.1 Å². The zero-order valence-corrected chi connectivity index (χ0v) is 17.7. The normalized spacial score (nSPS) is 22.4. The van der Waals surface area contributed by atoms with Gasteiger partial charge in [-0.3, -0.25) is 9.36 Å². The van der Waals surface area contributed by atoms with Gasteiger partial charge in [0.25, 0.3) is 5.56 Å². The van der Waals surface area contributed by atoms with E-state index in [1.807, 2.05) is 6.07 Å². The number of nitrogens with two attached hydrogens (primary N) is 2. The van der Waals surface area contributed by atoms with Gasteiger partial charge >= 0.3 is 0 Å². The number of halogens is 2. The van der Waals surface area contributed by atoms with E-state index < -0.39 is 17.4 Å². The second-order valence-electron chi connectivity index (χ2n) is 8.04. The van der Waals surface area contributed by atoms with Gasteiger partial charge in [-0.2, -0.15) is 15.2 Å². The summed E-state index contributed by atoms with van der Waals surface area (Å²) in [7, 11) is 0. The van der Waals surface area contributed by atoms with Crippen molar-refractivity contribution in [2.45, 2.75) is 19.0 Å². The molecule has 164 valence electrons. The zero-order chi connectivity index (χ0) is 22.7. The quantitative estimate of drug-likeness (QED) is 0.457. The Morgan fingerprint density at radius 1 is 1.31 bits per heavy atom. The van der Waals surface area contributed by atoms with Crippen molar-refractivity contribution in [1.29, 1.82) is 5.26 Å². The molecule has 0 spiro atoms. The van der Waals surface area contributed by atoms with Gasteiger partial charge in [-0.25, -0.2) is 9.37 Å². The van der Waals surface area contributed by atoms with Crippen LogP contribution in [0.4, 0.5) is 22.0 Å². The number of nitrogens with one attached hydrogen (secondary N) is 2. The van der Waals surface area contributed by atoms with Crippen molar-refractivity contribution in [3.8, 4) is 6.07 Å². The third kappa shape index (κ3) is 3.03. The average Bonchev–Trinajstić information content (AvgIpc) is 3.18. The summed E-state index contributed by atoms with van der Waals surface area (Å²) in [5.41, 5.74) is 11.0. The molecule has 1 saturated heterocycles. The second-order valence-corrected chi connectivity index (χ2v) is 8.45. The molecule has 32 heavy (non-hydrogen) atoms. The Bertz CT molecular complexity index is 1360. The predicted molar refractivity (Wildman–Crippen MR) is 117 cm³/mol. The number of hydrogen-bond donors (Lipinski definition) is 4. The highest BCUT2D eigenvalue weighted by Crippen LogP contribution is 2.52. The highest BCUT2D eigenvalue weighted by atomic mass is 35.5. The zero-order valence-electron chi connectivity index (χ0n) is 16.9. The van der Waals surface area contributed by atoms with Crippen LogP contribution in [0.5, 0.6) is 0 Å². The summed E-state index contributed by atoms with van der Waals surface area (Å²) in [4.78, 5) is 25.9. The molecule has 4 atom stereocenters. The van der Waals surface area contributed by atoms with Crippen LogP contribution in [0.3, 0.4) is 0 Å². The number of nitriles is 1. The first kappa shape index (κ1) is 20.4. The Hall–Kier alpha value is -3.49. The summed E-state index contributed by atoms with van der Waals surface area (Å²) in [5.74, 6) is 0.154. The van der Waals surface area contributed by atoms with Crippen LogP contribution in [0.25, 0.3) is 10.9 Å². The molecule has 10 nitrogen and oxygen atoms in total. The fourth-order valence-electron chi connectivity index (χ4n) is 4.59. The summed E-state index contributed by atoms with van der Waals surface area (Å²) >= 11 is 6.26. The number of anilines is 3. The lowest BCUT2D eigenvalue weighted by atomic mass is 10.2. The number of nitrogens with zero attached hydrogens (tertiary/aromatic N) is 5. The molecule has 0 radical (unpaired) electrons. The smallest absolute Gasteiger partial charge is 0.263 e. The lowest BCUT2D eigenvalue weighted by molar-refractivity contribution is 0.517. The molecule has 3 aromatic rings. The number of fused-ring (bicyclic) bond motifs is 2. The topological polar surface area (TPSA) is 161 Å². The van der Waals surface area contributed by atoms with Crippen LogP contribution in [0.2, 0.25) is 5.02 Å². The third-order valence-electron chi connectivity index (χ3n) is 6.13. The van der Waals surface area contributed by atoms with Crippen molar-refractivity contribution in [2.75, 3.05) is 29.9 Å². The fourth-order valence-corrected chi connectivity index (χ4v) is 4.82. The Balaban J connectivity index is 1.67. The van der Waals surface area contributed by atoms with E-state index in [0.29, 0.717) is 5.82 Å². The van der Waals surface area contributed by atoms with E-state index in [0.717, 1.165) is 13.1 Å². The van der Waals surface area contributed by atoms with Gasteiger partial charge in [0.15, 0.2) is 5.82 Å². The average molecular weight is 456 g/mol. The predicted octanol–water partition coefficient (Wildman–Crippen LogP) is 1.58. The van der Waals surface area contributed by atoms with Gasteiger partial charge in [-0.15, -0.1) is 0 Å². The van der Waals surface area contributed by atoms with Crippen molar-refractivity contribution in [1.82, 2.24) is 24.8 Å². The molecule has 5 rings (SSSR count). The number of piperidine rings is 1. The molecule has 0 amide bonds. The third-order valence-corrected chi connectivity index (χ3v) is 6.45. The van der Waals surface area contributed by atoms with E-state index in [-0.39, 0.29) is 57.0 Å². The van der Waals surface area contributed by atoms with Crippen molar-refractivity contribution in [2.24, 2.45) is 11.8 Å². The Kier molecular flexibility index (Phi) is 4.65. The van der Waals surface area contributed by atoms with E-state index in [2.05, 4.69) is 25.6 Å². The van der Waals surface area contributed by atoms with Crippen LogP contribution < -0.4 is 27.7 Å². The highest BCUT2D eigenvalue weighted by molar-refractivity contribution is 6.35. The van der Waals surface area contributed by atoms with Crippen LogP contribution in [-0.4, -0.2) is 32.6 Å². The Morgan fingerprint density at radius 3 is 2.72 bits per heavy atom. The Morgan fingerprint density at radius 2 is 2.03 bits per heavy atom. The van der Waals surface area contributed by atoms with E-state index in [4.69, 9.17) is 23.1 Å². The molecule has 1 aliphatic heterocycles. The van der Waals surface area contributed by atoms with Crippen LogP contribution in [0.1, 0.15) is 30.4 Å². The minimum absolute atomic E-state index is 0.0162. The van der Waals surface area contributed by atoms with Gasteiger partial charge < -0.3 is 22.1 Å². The van der Waals surface area contributed by atoms with Crippen molar-refractivity contribution in [3.63, 3.8) is 0 Å². The van der Waals surface area contributed by atoms with Crippen LogP contribution in [-0.2, 0) is 0 Å². The number of benzene rings is 1. The standard InChI is InChI=1S/C20H19ClFN9O/c1-7(27-17-8(4-23)16(24)29-20(25)30-17)18-28-14-12(22)3-2-11(21)13(14)19(32)31(18)15-9-5-26-6-10(9)15/h2-3,7,9-10,15,26H,5-6H2,1H3,(H5,24,25,27,29,30)/t7-,9-,10+,15?/m0/s1. The van der Waals surface area contributed by atoms with Crippen LogP contribution >= 0.6 is 11.6 Å². The molecule has 2 aromatic heterocycles. The van der Waals surface area contributed by atoms with Gasteiger partial charge in [-0.05, 0) is 30.9 Å². The van der Waals surface area contributed by atoms with Crippen molar-refractivity contribution >= 4 is 40.1 Å². The number of hydrogen-bond acceptors (Lipinski definition) is 9. The van der Waals surface area contributed by atoms with Gasteiger partial charge in [0.05, 0.1) is 16.5 Å². The van der Waals surface area contributed by atoms with E-state index >= 15 is 0 Å². The number of rotatable bonds is 4. The summed E-state index contributed by atoms with van der Waals surface area (Å²) < 4.78 is 16.2. The monoisotopic (exact) mass is 455 g/mol. The molecule has 1 aromatic carbocycles. The van der Waals surface area contributed by atoms with Gasteiger partial charge in [0.2, 0.25) is 5.95 Å². The maximum Gasteiger partial charge on any atom is 0.263 e. The number of nitrogen functional groups attached to an aromatic ring is 2. The summed E-state index contributed by atoms with van der Waals surface area (Å²) in [6.07, 6.45) is 0. The molecular weight excluding hydrogens is 437 g/mol. The first-order valence-corrected chi connectivity index (χ1v) is 10.4. The van der Waals surface area contributed by atoms with Crippen LogP contribution in [0.15, 0.2) is 16.9 Å². The molecule has 3 heterocycles. The van der Waals surface area contributed by atoms with Crippen LogP contribution in [0, 0.1) is 29.0 Å². The summed E-state index contributed by atoms with van der Waals surface area (Å²) in [5, 5.41) is 16.0. The highest BCUT2D eigenvalue weighted by Gasteiger charge is 2.55. The Labute approximate surface area is 186 Å². The fraction of sp³-hybridized carbons (Fsp3) is 0.350. The molecule has 2 aliphatic rings.